The maximum Gasteiger partial charge on any atom is 0.159 e. The third kappa shape index (κ3) is 1.98. The first-order valence-electron chi connectivity index (χ1n) is 4.60. The van der Waals surface area contributed by atoms with Gasteiger partial charge in [-0.05, 0) is 31.2 Å². The van der Waals surface area contributed by atoms with Gasteiger partial charge in [0.1, 0.15) is 10.9 Å². The Labute approximate surface area is 92.2 Å². The molecule has 0 radical (unpaired) electrons. The van der Waals surface area contributed by atoms with Crippen molar-refractivity contribution in [2.75, 3.05) is 5.43 Å². The van der Waals surface area contributed by atoms with E-state index in [1.807, 2.05) is 18.2 Å². The molecule has 78 valence electrons. The van der Waals surface area contributed by atoms with Crippen molar-refractivity contribution in [3.63, 3.8) is 0 Å². The lowest BCUT2D eigenvalue weighted by Gasteiger charge is -2.14. The van der Waals surface area contributed by atoms with Crippen LogP contribution in [0.2, 0.25) is 0 Å². The Morgan fingerprint density at radius 3 is 3.00 bits per heavy atom. The molecule has 1 unspecified atom stereocenters. The maximum absolute atomic E-state index is 9.28. The SMILES string of the molecule is CC(O)Nn1c(=S)ccc2cccnc21. The van der Waals surface area contributed by atoms with Crippen molar-refractivity contribution in [1.29, 1.82) is 0 Å². The quantitative estimate of drug-likeness (QED) is 0.598. The zero-order chi connectivity index (χ0) is 10.8. The van der Waals surface area contributed by atoms with Crippen LogP contribution in [0, 0.1) is 4.64 Å². The Hall–Kier alpha value is -1.46. The van der Waals surface area contributed by atoms with Gasteiger partial charge in [0, 0.05) is 11.6 Å². The fraction of sp³-hybridized carbons (Fsp3) is 0.200. The molecule has 0 bridgehead atoms. The third-order valence-electron chi connectivity index (χ3n) is 1.97. The smallest absolute Gasteiger partial charge is 0.159 e. The molecule has 0 saturated carbocycles. The van der Waals surface area contributed by atoms with Gasteiger partial charge in [-0.1, -0.05) is 12.2 Å². The van der Waals surface area contributed by atoms with Crippen molar-refractivity contribution in [3.8, 4) is 0 Å². The minimum Gasteiger partial charge on any atom is -0.373 e. The van der Waals surface area contributed by atoms with Crippen LogP contribution < -0.4 is 5.43 Å². The van der Waals surface area contributed by atoms with Gasteiger partial charge in [0.25, 0.3) is 0 Å². The summed E-state index contributed by atoms with van der Waals surface area (Å²) in [5.41, 5.74) is 3.54. The molecule has 2 aromatic rings. The molecule has 0 fully saturated rings. The molecule has 2 N–H and O–H groups in total. The number of rotatable bonds is 2. The van der Waals surface area contributed by atoms with E-state index in [9.17, 15) is 5.11 Å². The summed E-state index contributed by atoms with van der Waals surface area (Å²) in [7, 11) is 0. The highest BCUT2D eigenvalue weighted by molar-refractivity contribution is 7.71. The number of fused-ring (bicyclic) bond motifs is 1. The summed E-state index contributed by atoms with van der Waals surface area (Å²) < 4.78 is 2.19. The first kappa shape index (κ1) is 10.1. The molecule has 2 heterocycles. The number of nitrogens with zero attached hydrogens (tertiary/aromatic N) is 2. The van der Waals surface area contributed by atoms with Crippen LogP contribution in [0.25, 0.3) is 11.0 Å². The van der Waals surface area contributed by atoms with Crippen LogP contribution in [0.4, 0.5) is 0 Å². The number of nitrogens with one attached hydrogen (secondary N) is 1. The van der Waals surface area contributed by atoms with E-state index in [1.165, 1.54) is 0 Å². The Balaban J connectivity index is 2.68. The molecular formula is C10H11N3OS. The van der Waals surface area contributed by atoms with Crippen LogP contribution in [0.1, 0.15) is 6.92 Å². The van der Waals surface area contributed by atoms with Gasteiger partial charge in [-0.3, -0.25) is 5.43 Å². The van der Waals surface area contributed by atoms with Crippen molar-refractivity contribution in [2.45, 2.75) is 13.2 Å². The van der Waals surface area contributed by atoms with Crippen LogP contribution in [0.15, 0.2) is 30.5 Å². The molecule has 1 atom stereocenters. The highest BCUT2D eigenvalue weighted by atomic mass is 32.1. The molecule has 4 nitrogen and oxygen atoms in total. The van der Waals surface area contributed by atoms with E-state index in [-0.39, 0.29) is 0 Å². The van der Waals surface area contributed by atoms with Crippen LogP contribution >= 0.6 is 12.2 Å². The highest BCUT2D eigenvalue weighted by Crippen LogP contribution is 2.10. The molecule has 0 amide bonds. The van der Waals surface area contributed by atoms with Gasteiger partial charge >= 0.3 is 0 Å². The van der Waals surface area contributed by atoms with E-state index in [2.05, 4.69) is 10.4 Å². The van der Waals surface area contributed by atoms with Crippen LogP contribution in [-0.2, 0) is 0 Å². The molecule has 0 aliphatic carbocycles. The lowest BCUT2D eigenvalue weighted by atomic mass is 10.3. The van der Waals surface area contributed by atoms with E-state index in [1.54, 1.807) is 23.9 Å². The van der Waals surface area contributed by atoms with Crippen LogP contribution in [0.3, 0.4) is 0 Å². The van der Waals surface area contributed by atoms with Crippen molar-refractivity contribution < 1.29 is 5.11 Å². The van der Waals surface area contributed by atoms with E-state index in [4.69, 9.17) is 12.2 Å². The first-order valence-corrected chi connectivity index (χ1v) is 5.01. The van der Waals surface area contributed by atoms with Crippen molar-refractivity contribution in [1.82, 2.24) is 9.66 Å². The van der Waals surface area contributed by atoms with Gasteiger partial charge in [0.05, 0.1) is 0 Å². The molecular weight excluding hydrogens is 210 g/mol. The van der Waals surface area contributed by atoms with E-state index < -0.39 is 6.23 Å². The molecule has 5 heteroatoms. The van der Waals surface area contributed by atoms with E-state index >= 15 is 0 Å². The van der Waals surface area contributed by atoms with Gasteiger partial charge in [0.2, 0.25) is 0 Å². The second kappa shape index (κ2) is 3.96. The van der Waals surface area contributed by atoms with E-state index in [0.717, 1.165) is 5.39 Å². The minimum atomic E-state index is -0.677. The maximum atomic E-state index is 9.28. The fourth-order valence-corrected chi connectivity index (χ4v) is 1.59. The summed E-state index contributed by atoms with van der Waals surface area (Å²) in [6.45, 7) is 1.63. The molecule has 0 aliphatic heterocycles. The van der Waals surface area contributed by atoms with Gasteiger partial charge < -0.3 is 5.11 Å². The molecule has 15 heavy (non-hydrogen) atoms. The second-order valence-corrected chi connectivity index (χ2v) is 3.65. The van der Waals surface area contributed by atoms with Crippen molar-refractivity contribution >= 4 is 23.3 Å². The number of hydrogen-bond acceptors (Lipinski definition) is 4. The average molecular weight is 221 g/mol. The standard InChI is InChI=1S/C10H11N3OS/c1-7(14)12-13-9(15)5-4-8-3-2-6-11-10(8)13/h2-7,12,14H,1H3. The summed E-state index contributed by atoms with van der Waals surface area (Å²) >= 11 is 5.15. The van der Waals surface area contributed by atoms with Gasteiger partial charge in [0.15, 0.2) is 5.65 Å². The Morgan fingerprint density at radius 1 is 1.47 bits per heavy atom. The molecule has 0 aliphatic rings. The largest absolute Gasteiger partial charge is 0.373 e. The highest BCUT2D eigenvalue weighted by Gasteiger charge is 2.02. The molecule has 0 saturated heterocycles. The average Bonchev–Trinajstić information content (AvgIpc) is 2.22. The fourth-order valence-electron chi connectivity index (χ4n) is 1.38. The van der Waals surface area contributed by atoms with Crippen molar-refractivity contribution in [3.05, 3.63) is 35.1 Å². The molecule has 0 aromatic carbocycles. The normalized spacial score (nSPS) is 12.7. The Bertz CT molecular complexity index is 535. The van der Waals surface area contributed by atoms with E-state index in [0.29, 0.717) is 10.3 Å². The molecule has 2 rings (SSSR count). The number of aliphatic hydroxyl groups is 1. The number of aromatic nitrogens is 2. The zero-order valence-corrected chi connectivity index (χ0v) is 9.03. The summed E-state index contributed by atoms with van der Waals surface area (Å²) in [5, 5.41) is 10.3. The Kier molecular flexibility index (Phi) is 2.66. The van der Waals surface area contributed by atoms with Crippen LogP contribution in [-0.4, -0.2) is 21.0 Å². The lowest BCUT2D eigenvalue weighted by molar-refractivity contribution is 0.208. The monoisotopic (exact) mass is 221 g/mol. The molecule has 2 aromatic heterocycles. The Morgan fingerprint density at radius 2 is 2.27 bits per heavy atom. The third-order valence-corrected chi connectivity index (χ3v) is 2.29. The topological polar surface area (TPSA) is 50.1 Å². The van der Waals surface area contributed by atoms with Gasteiger partial charge in [-0.2, -0.15) is 0 Å². The summed E-state index contributed by atoms with van der Waals surface area (Å²) in [5.74, 6) is 0. The molecule has 0 spiro atoms. The number of pyridine rings is 2. The van der Waals surface area contributed by atoms with Crippen LogP contribution in [0.5, 0.6) is 0 Å². The van der Waals surface area contributed by atoms with Gasteiger partial charge in [-0.15, -0.1) is 0 Å². The number of aliphatic hydroxyl groups excluding tert-OH is 1. The van der Waals surface area contributed by atoms with Crippen molar-refractivity contribution in [2.24, 2.45) is 0 Å². The predicted molar refractivity (Wildman–Crippen MR) is 61.6 cm³/mol. The second-order valence-electron chi connectivity index (χ2n) is 3.23. The summed E-state index contributed by atoms with van der Waals surface area (Å²) in [6, 6.07) is 7.51. The first-order chi connectivity index (χ1) is 7.18. The minimum absolute atomic E-state index is 0.585. The number of hydrogen-bond donors (Lipinski definition) is 2. The predicted octanol–water partition coefficient (Wildman–Crippen LogP) is 1.65. The van der Waals surface area contributed by atoms with Gasteiger partial charge in [-0.25, -0.2) is 9.66 Å². The summed E-state index contributed by atoms with van der Waals surface area (Å²) in [6.07, 6.45) is 1.02. The lowest BCUT2D eigenvalue weighted by Crippen LogP contribution is -2.26. The summed E-state index contributed by atoms with van der Waals surface area (Å²) in [4.78, 5) is 4.22. The zero-order valence-electron chi connectivity index (χ0n) is 8.21.